The van der Waals surface area contributed by atoms with Crippen LogP contribution in [0.5, 0.6) is 0 Å². The lowest BCUT2D eigenvalue weighted by Crippen LogP contribution is -2.32. The first-order valence-corrected chi connectivity index (χ1v) is 9.02. The lowest BCUT2D eigenvalue weighted by molar-refractivity contribution is 0.153. The van der Waals surface area contributed by atoms with E-state index in [-0.39, 0.29) is 0 Å². The van der Waals surface area contributed by atoms with Gasteiger partial charge in [-0.05, 0) is 35.6 Å². The lowest BCUT2D eigenvalue weighted by atomic mass is 9.97. The summed E-state index contributed by atoms with van der Waals surface area (Å²) in [6, 6.07) is 16.9. The van der Waals surface area contributed by atoms with Crippen LogP contribution >= 0.6 is 0 Å². The van der Waals surface area contributed by atoms with E-state index in [0.29, 0.717) is 32.3 Å². The van der Waals surface area contributed by atoms with Crippen LogP contribution in [0.3, 0.4) is 0 Å². The van der Waals surface area contributed by atoms with Crippen molar-refractivity contribution in [3.05, 3.63) is 59.7 Å². The van der Waals surface area contributed by atoms with E-state index < -0.39 is 6.09 Å². The van der Waals surface area contributed by atoms with Gasteiger partial charge < -0.3 is 14.4 Å². The minimum atomic E-state index is -0.610. The van der Waals surface area contributed by atoms with Gasteiger partial charge in [0.25, 0.3) is 6.02 Å². The van der Waals surface area contributed by atoms with Crippen LogP contribution in [-0.4, -0.2) is 30.2 Å². The number of ether oxygens (including phenoxy) is 2. The van der Waals surface area contributed by atoms with Gasteiger partial charge in [0.1, 0.15) is 0 Å². The SMILES string of the molecule is CCCOC(=O)N=C(OCC)N1Cc2ccccc2-c2ccccc2C1. The Morgan fingerprint density at radius 1 is 0.962 bits per heavy atom. The Morgan fingerprint density at radius 2 is 1.54 bits per heavy atom. The molecule has 26 heavy (non-hydrogen) atoms. The molecule has 2 aromatic carbocycles. The summed E-state index contributed by atoms with van der Waals surface area (Å²) in [7, 11) is 0. The molecule has 0 spiro atoms. The zero-order chi connectivity index (χ0) is 18.4. The molecule has 5 heteroatoms. The minimum absolute atomic E-state index is 0.306. The summed E-state index contributed by atoms with van der Waals surface area (Å²) in [4.78, 5) is 18.1. The molecule has 1 amide bonds. The van der Waals surface area contributed by atoms with E-state index in [0.717, 1.165) is 6.42 Å². The number of nitrogens with zero attached hydrogens (tertiary/aromatic N) is 2. The van der Waals surface area contributed by atoms with Crippen molar-refractivity contribution in [2.45, 2.75) is 33.4 Å². The molecule has 1 aliphatic rings. The predicted molar refractivity (Wildman–Crippen MR) is 102 cm³/mol. The van der Waals surface area contributed by atoms with E-state index in [4.69, 9.17) is 9.47 Å². The quantitative estimate of drug-likeness (QED) is 0.598. The summed E-state index contributed by atoms with van der Waals surface area (Å²) in [5.41, 5.74) is 4.75. The molecule has 0 radical (unpaired) electrons. The average molecular weight is 352 g/mol. The summed E-state index contributed by atoms with van der Waals surface area (Å²) >= 11 is 0. The molecule has 5 nitrogen and oxygen atoms in total. The van der Waals surface area contributed by atoms with E-state index in [9.17, 15) is 4.79 Å². The highest BCUT2D eigenvalue weighted by molar-refractivity contribution is 5.87. The van der Waals surface area contributed by atoms with Crippen LogP contribution < -0.4 is 0 Å². The molecular weight excluding hydrogens is 328 g/mol. The fourth-order valence-corrected chi connectivity index (χ4v) is 3.07. The molecule has 0 aromatic heterocycles. The molecule has 0 saturated heterocycles. The minimum Gasteiger partial charge on any atom is -0.465 e. The molecule has 136 valence electrons. The van der Waals surface area contributed by atoms with Crippen molar-refractivity contribution >= 4 is 12.1 Å². The number of aliphatic imine (C=N–C) groups is 1. The van der Waals surface area contributed by atoms with Crippen LogP contribution in [0, 0.1) is 0 Å². The predicted octanol–water partition coefficient (Wildman–Crippen LogP) is 4.61. The molecule has 0 saturated carbocycles. The normalized spacial score (nSPS) is 13.5. The Morgan fingerprint density at radius 3 is 2.08 bits per heavy atom. The van der Waals surface area contributed by atoms with E-state index in [2.05, 4.69) is 29.3 Å². The molecule has 1 heterocycles. The van der Waals surface area contributed by atoms with Crippen LogP contribution in [-0.2, 0) is 22.6 Å². The average Bonchev–Trinajstić information content (AvgIpc) is 2.83. The Bertz CT molecular complexity index is 754. The third-order valence-corrected chi connectivity index (χ3v) is 4.21. The van der Waals surface area contributed by atoms with E-state index in [1.165, 1.54) is 22.3 Å². The van der Waals surface area contributed by atoms with Gasteiger partial charge in [-0.1, -0.05) is 55.5 Å². The molecule has 0 aliphatic carbocycles. The summed E-state index contributed by atoms with van der Waals surface area (Å²) in [6.45, 7) is 5.85. The Hall–Kier alpha value is -2.82. The number of fused-ring (bicyclic) bond motifs is 3. The fraction of sp³-hybridized carbons (Fsp3) is 0.333. The van der Waals surface area contributed by atoms with Gasteiger partial charge in [0.15, 0.2) is 0 Å². The van der Waals surface area contributed by atoms with Crippen LogP contribution in [0.2, 0.25) is 0 Å². The number of carbonyl (C=O) groups excluding carboxylic acids is 1. The number of hydrogen-bond donors (Lipinski definition) is 0. The number of amides is 1. The zero-order valence-electron chi connectivity index (χ0n) is 15.3. The highest BCUT2D eigenvalue weighted by Crippen LogP contribution is 2.32. The summed E-state index contributed by atoms with van der Waals surface area (Å²) in [6.07, 6.45) is 0.150. The Labute approximate surface area is 154 Å². The summed E-state index contributed by atoms with van der Waals surface area (Å²) in [5.74, 6) is 0. The van der Waals surface area contributed by atoms with Gasteiger partial charge in [0.05, 0.1) is 13.2 Å². The van der Waals surface area contributed by atoms with Crippen LogP contribution in [0.25, 0.3) is 11.1 Å². The van der Waals surface area contributed by atoms with Gasteiger partial charge in [-0.15, -0.1) is 4.99 Å². The number of benzene rings is 2. The van der Waals surface area contributed by atoms with Gasteiger partial charge in [-0.3, -0.25) is 0 Å². The van der Waals surface area contributed by atoms with Gasteiger partial charge in [0, 0.05) is 13.1 Å². The number of hydrogen-bond acceptors (Lipinski definition) is 3. The van der Waals surface area contributed by atoms with Crippen molar-refractivity contribution in [2.24, 2.45) is 4.99 Å². The first-order chi connectivity index (χ1) is 12.7. The first-order valence-electron chi connectivity index (χ1n) is 9.02. The van der Waals surface area contributed by atoms with Crippen molar-refractivity contribution in [1.29, 1.82) is 0 Å². The van der Waals surface area contributed by atoms with Gasteiger partial charge in [0.2, 0.25) is 0 Å². The number of amidine groups is 1. The molecular formula is C21H24N2O3. The molecule has 0 unspecified atom stereocenters. The van der Waals surface area contributed by atoms with Gasteiger partial charge in [-0.25, -0.2) is 4.79 Å². The first kappa shape index (κ1) is 18.0. The molecule has 0 N–H and O–H groups in total. The number of rotatable bonds is 3. The van der Waals surface area contributed by atoms with Crippen molar-refractivity contribution in [1.82, 2.24) is 4.90 Å². The standard InChI is InChI=1S/C21H24N2O3/c1-3-13-26-21(24)22-20(25-4-2)23-14-16-9-5-7-11-18(16)19-12-8-6-10-17(19)15-23/h5-12H,3-4,13-15H2,1-2H3. The second-order valence-corrected chi connectivity index (χ2v) is 6.11. The van der Waals surface area contributed by atoms with Crippen molar-refractivity contribution in [3.8, 4) is 11.1 Å². The zero-order valence-corrected chi connectivity index (χ0v) is 15.3. The van der Waals surface area contributed by atoms with Crippen LogP contribution in [0.4, 0.5) is 4.79 Å². The third kappa shape index (κ3) is 4.04. The number of carbonyl (C=O) groups is 1. The van der Waals surface area contributed by atoms with Gasteiger partial charge >= 0.3 is 6.09 Å². The maximum Gasteiger partial charge on any atom is 0.438 e. The molecule has 1 aliphatic heterocycles. The molecule has 0 fully saturated rings. The fourth-order valence-electron chi connectivity index (χ4n) is 3.07. The molecule has 0 bridgehead atoms. The third-order valence-electron chi connectivity index (χ3n) is 4.21. The highest BCUT2D eigenvalue weighted by Gasteiger charge is 2.23. The Balaban J connectivity index is 1.97. The van der Waals surface area contributed by atoms with E-state index >= 15 is 0 Å². The summed E-state index contributed by atoms with van der Waals surface area (Å²) < 4.78 is 10.8. The maximum absolute atomic E-state index is 12.0. The Kier molecular flexibility index (Phi) is 5.89. The van der Waals surface area contributed by atoms with Crippen LogP contribution in [0.1, 0.15) is 31.4 Å². The van der Waals surface area contributed by atoms with Crippen molar-refractivity contribution in [3.63, 3.8) is 0 Å². The second-order valence-electron chi connectivity index (χ2n) is 6.11. The van der Waals surface area contributed by atoms with Gasteiger partial charge in [-0.2, -0.15) is 0 Å². The van der Waals surface area contributed by atoms with E-state index in [1.54, 1.807) is 0 Å². The molecule has 2 aromatic rings. The monoisotopic (exact) mass is 352 g/mol. The summed E-state index contributed by atoms with van der Waals surface area (Å²) in [5, 5.41) is 0. The lowest BCUT2D eigenvalue weighted by Gasteiger charge is -2.24. The topological polar surface area (TPSA) is 51.1 Å². The largest absolute Gasteiger partial charge is 0.465 e. The molecule has 0 atom stereocenters. The molecule has 3 rings (SSSR count). The maximum atomic E-state index is 12.0. The second kappa shape index (κ2) is 8.52. The smallest absolute Gasteiger partial charge is 0.438 e. The van der Waals surface area contributed by atoms with E-state index in [1.807, 2.05) is 43.0 Å². The van der Waals surface area contributed by atoms with Crippen LogP contribution in [0.15, 0.2) is 53.5 Å². The van der Waals surface area contributed by atoms with Crippen molar-refractivity contribution in [2.75, 3.05) is 13.2 Å². The highest BCUT2D eigenvalue weighted by atomic mass is 16.6. The van der Waals surface area contributed by atoms with Crippen molar-refractivity contribution < 1.29 is 14.3 Å².